The van der Waals surface area contributed by atoms with Gasteiger partial charge in [0.05, 0.1) is 18.2 Å². The largest absolute Gasteiger partial charge is 1.00 e. The first-order valence-electron chi connectivity index (χ1n) is 10.1. The van der Waals surface area contributed by atoms with Crippen molar-refractivity contribution in [1.82, 2.24) is 4.98 Å². The number of carbonyl (C=O) groups is 2. The third kappa shape index (κ3) is 5.80. The molecule has 0 spiro atoms. The zero-order valence-electron chi connectivity index (χ0n) is 18.6. The molecule has 1 amide bonds. The van der Waals surface area contributed by atoms with Crippen molar-refractivity contribution >= 4 is 39.7 Å². The first-order chi connectivity index (χ1) is 15.4. The van der Waals surface area contributed by atoms with Gasteiger partial charge < -0.3 is 9.90 Å². The molecule has 0 unspecified atom stereocenters. The molecule has 0 saturated heterocycles. The number of amides is 1. The fourth-order valence-corrected chi connectivity index (χ4v) is 4.86. The van der Waals surface area contributed by atoms with E-state index in [9.17, 15) is 14.7 Å². The van der Waals surface area contributed by atoms with Gasteiger partial charge >= 0.3 is 29.6 Å². The summed E-state index contributed by atoms with van der Waals surface area (Å²) >= 11 is 2.89. The number of thiophene rings is 1. The Balaban J connectivity index is 0.00000306. The van der Waals surface area contributed by atoms with Gasteiger partial charge in [-0.3, -0.25) is 9.69 Å². The van der Waals surface area contributed by atoms with Crippen molar-refractivity contribution in [3.8, 4) is 11.3 Å². The molecule has 0 saturated carbocycles. The Morgan fingerprint density at radius 2 is 1.67 bits per heavy atom. The number of benzene rings is 2. The van der Waals surface area contributed by atoms with Gasteiger partial charge in [0.15, 0.2) is 5.13 Å². The van der Waals surface area contributed by atoms with E-state index in [2.05, 4.69) is 26.0 Å². The Hall–Kier alpha value is -2.29. The molecule has 0 atom stereocenters. The molecule has 0 aliphatic heterocycles. The summed E-state index contributed by atoms with van der Waals surface area (Å²) in [5.74, 6) is -1.36. The minimum absolute atomic E-state index is 0. The summed E-state index contributed by atoms with van der Waals surface area (Å²) in [7, 11) is 0. The van der Waals surface area contributed by atoms with E-state index in [1.54, 1.807) is 12.1 Å². The van der Waals surface area contributed by atoms with E-state index >= 15 is 0 Å². The van der Waals surface area contributed by atoms with Crippen LogP contribution in [-0.4, -0.2) is 16.9 Å². The molecular weight excluding hydrogens is 463 g/mol. The van der Waals surface area contributed by atoms with Crippen LogP contribution in [0, 0.1) is 0 Å². The molecule has 0 aliphatic carbocycles. The van der Waals surface area contributed by atoms with E-state index in [4.69, 9.17) is 4.98 Å². The minimum Gasteiger partial charge on any atom is -0.545 e. The van der Waals surface area contributed by atoms with Crippen LogP contribution in [-0.2, 0) is 6.54 Å². The molecule has 0 fully saturated rings. The Kier molecular flexibility index (Phi) is 8.62. The number of carboxylic acids is 1. The fraction of sp³-hybridized carbons (Fsp3) is 0.160. The molecule has 2 heterocycles. The van der Waals surface area contributed by atoms with Gasteiger partial charge in [-0.1, -0.05) is 62.4 Å². The van der Waals surface area contributed by atoms with Gasteiger partial charge in [0.2, 0.25) is 0 Å². The molecule has 4 aromatic rings. The number of hydrogen-bond acceptors (Lipinski definition) is 6. The number of anilines is 1. The first kappa shape index (κ1) is 25.3. The summed E-state index contributed by atoms with van der Waals surface area (Å²) in [6, 6.07) is 18.2. The number of aromatic nitrogens is 1. The summed E-state index contributed by atoms with van der Waals surface area (Å²) in [6.07, 6.45) is 0. The second kappa shape index (κ2) is 11.2. The summed E-state index contributed by atoms with van der Waals surface area (Å²) < 4.78 is 0. The smallest absolute Gasteiger partial charge is 0.545 e. The van der Waals surface area contributed by atoms with E-state index in [-0.39, 0.29) is 40.7 Å². The second-order valence-corrected chi connectivity index (χ2v) is 9.46. The molecule has 0 bridgehead atoms. The summed E-state index contributed by atoms with van der Waals surface area (Å²) in [4.78, 5) is 32.3. The first-order valence-corrected chi connectivity index (χ1v) is 11.9. The molecule has 33 heavy (non-hydrogen) atoms. The third-order valence-electron chi connectivity index (χ3n) is 5.11. The topological polar surface area (TPSA) is 73.3 Å². The Bertz CT molecular complexity index is 1230. The molecule has 162 valence electrons. The van der Waals surface area contributed by atoms with Gasteiger partial charge in [0.25, 0.3) is 5.91 Å². The molecule has 5 nitrogen and oxygen atoms in total. The number of rotatable bonds is 7. The van der Waals surface area contributed by atoms with Crippen LogP contribution >= 0.6 is 22.7 Å². The maximum absolute atomic E-state index is 13.5. The Labute approximate surface area is 223 Å². The van der Waals surface area contributed by atoms with Gasteiger partial charge in [0.1, 0.15) is 0 Å². The maximum Gasteiger partial charge on any atom is 1.00 e. The molecule has 0 aliphatic rings. The number of thiazole rings is 1. The molecule has 2 aromatic heterocycles. The van der Waals surface area contributed by atoms with Crippen LogP contribution in [0.2, 0.25) is 0 Å². The number of hydrogen-bond donors (Lipinski definition) is 0. The van der Waals surface area contributed by atoms with Gasteiger partial charge in [-0.05, 0) is 29.0 Å². The normalized spacial score (nSPS) is 10.6. The summed E-state index contributed by atoms with van der Waals surface area (Å²) in [6.45, 7) is 4.60. The quantitative estimate of drug-likeness (QED) is 0.377. The van der Waals surface area contributed by atoms with Crippen molar-refractivity contribution < 1.29 is 44.3 Å². The van der Waals surface area contributed by atoms with E-state index in [0.717, 1.165) is 16.1 Å². The van der Waals surface area contributed by atoms with Gasteiger partial charge in [0, 0.05) is 26.9 Å². The number of carboxylic acid groups (broad SMARTS) is 1. The minimum atomic E-state index is -1.38. The van der Waals surface area contributed by atoms with Crippen molar-refractivity contribution in [1.29, 1.82) is 0 Å². The van der Waals surface area contributed by atoms with Crippen LogP contribution in [0.5, 0.6) is 0 Å². The number of nitrogens with zero attached hydrogens (tertiary/aromatic N) is 2. The zero-order chi connectivity index (χ0) is 22.7. The van der Waals surface area contributed by atoms with E-state index in [0.29, 0.717) is 17.6 Å². The SMILES string of the molecule is CC(C)c1ccc(-c2csc(N(Cc3cccs3)C(=O)c3ccccc3C(=O)[O-])n2)cc1.[Na+]. The fourth-order valence-electron chi connectivity index (χ4n) is 3.34. The standard InChI is InChI=1S/C25H22N2O3S2.Na/c1-16(2)17-9-11-18(12-10-17)22-15-32-25(26-22)27(14-19-6-5-13-31-19)23(28)20-7-3-4-8-21(20)24(29)30;/h3-13,15-16H,14H2,1-2H3,(H,29,30);/q;+1/p-1. The van der Waals surface area contributed by atoms with Crippen LogP contribution in [0.1, 0.15) is 50.9 Å². The van der Waals surface area contributed by atoms with Crippen molar-refractivity contribution in [2.24, 2.45) is 0 Å². The van der Waals surface area contributed by atoms with Crippen molar-refractivity contribution in [2.45, 2.75) is 26.3 Å². The van der Waals surface area contributed by atoms with Crippen LogP contribution in [0.4, 0.5) is 5.13 Å². The van der Waals surface area contributed by atoms with Crippen molar-refractivity contribution in [3.05, 3.63) is 93.0 Å². The summed E-state index contributed by atoms with van der Waals surface area (Å²) in [5.41, 5.74) is 2.95. The van der Waals surface area contributed by atoms with Gasteiger partial charge in [-0.2, -0.15) is 0 Å². The van der Waals surface area contributed by atoms with Crippen LogP contribution < -0.4 is 39.6 Å². The molecule has 2 aromatic carbocycles. The second-order valence-electron chi connectivity index (χ2n) is 7.60. The molecule has 8 heteroatoms. The average Bonchev–Trinajstić information content (AvgIpc) is 3.49. The van der Waals surface area contributed by atoms with Crippen LogP contribution in [0.3, 0.4) is 0 Å². The third-order valence-corrected chi connectivity index (χ3v) is 6.84. The molecule has 0 radical (unpaired) electrons. The van der Waals surface area contributed by atoms with Gasteiger partial charge in [-0.25, -0.2) is 4.98 Å². The molecular formula is C25H21N2NaO3S2. The average molecular weight is 485 g/mol. The van der Waals surface area contributed by atoms with E-state index < -0.39 is 11.9 Å². The van der Waals surface area contributed by atoms with E-state index in [1.807, 2.05) is 35.0 Å². The Morgan fingerprint density at radius 1 is 0.970 bits per heavy atom. The van der Waals surface area contributed by atoms with Crippen molar-refractivity contribution in [2.75, 3.05) is 4.90 Å². The predicted octanol–water partition coefficient (Wildman–Crippen LogP) is 2.21. The van der Waals surface area contributed by atoms with E-state index in [1.165, 1.54) is 45.3 Å². The van der Waals surface area contributed by atoms with Crippen LogP contribution in [0.25, 0.3) is 11.3 Å². The van der Waals surface area contributed by atoms with Crippen molar-refractivity contribution in [3.63, 3.8) is 0 Å². The number of aromatic carboxylic acids is 1. The van der Waals surface area contributed by atoms with Gasteiger partial charge in [-0.15, -0.1) is 22.7 Å². The summed E-state index contributed by atoms with van der Waals surface area (Å²) in [5, 5.41) is 15.9. The molecule has 4 rings (SSSR count). The predicted molar refractivity (Wildman–Crippen MR) is 127 cm³/mol. The monoisotopic (exact) mass is 484 g/mol. The maximum atomic E-state index is 13.5. The molecule has 0 N–H and O–H groups in total. The zero-order valence-corrected chi connectivity index (χ0v) is 22.3. The van der Waals surface area contributed by atoms with Crippen LogP contribution in [0.15, 0.2) is 71.4 Å². The number of carbonyl (C=O) groups excluding carboxylic acids is 2. The Morgan fingerprint density at radius 3 is 2.27 bits per heavy atom.